The summed E-state index contributed by atoms with van der Waals surface area (Å²) in [6.07, 6.45) is 2.14. The molecule has 2 amide bonds. The summed E-state index contributed by atoms with van der Waals surface area (Å²) in [5.74, 6) is -0.321. The fourth-order valence-electron chi connectivity index (χ4n) is 3.10. The monoisotopic (exact) mass is 403 g/mol. The number of nitrogens with one attached hydrogen (secondary N) is 2. The Hall–Kier alpha value is -2.57. The van der Waals surface area contributed by atoms with Gasteiger partial charge in [-0.15, -0.1) is 12.4 Å². The fraction of sp³-hybridized carbons (Fsp3) is 0.333. The second kappa shape index (κ2) is 10.1. The predicted molar refractivity (Wildman–Crippen MR) is 112 cm³/mol. The summed E-state index contributed by atoms with van der Waals surface area (Å²) in [5, 5.41) is 5.79. The molecule has 4 N–H and O–H groups in total. The molecule has 1 fully saturated rings. The van der Waals surface area contributed by atoms with E-state index < -0.39 is 0 Å². The van der Waals surface area contributed by atoms with E-state index >= 15 is 0 Å². The van der Waals surface area contributed by atoms with E-state index in [4.69, 9.17) is 10.5 Å². The number of halogens is 1. The van der Waals surface area contributed by atoms with E-state index in [-0.39, 0.29) is 30.3 Å². The van der Waals surface area contributed by atoms with E-state index in [1.54, 1.807) is 24.3 Å². The number of nitrogens with two attached hydrogens (primary N) is 1. The van der Waals surface area contributed by atoms with Crippen LogP contribution in [-0.2, 0) is 11.3 Å². The Kier molecular flexibility index (Phi) is 7.84. The highest BCUT2D eigenvalue weighted by Gasteiger charge is 2.17. The fourth-order valence-corrected chi connectivity index (χ4v) is 3.10. The lowest BCUT2D eigenvalue weighted by atomic mass is 10.1. The van der Waals surface area contributed by atoms with Gasteiger partial charge in [0.25, 0.3) is 11.8 Å². The Balaban J connectivity index is 0.00000280. The summed E-state index contributed by atoms with van der Waals surface area (Å²) in [4.78, 5) is 24.7. The molecule has 0 aromatic heterocycles. The number of carbonyl (C=O) groups is 2. The first kappa shape index (κ1) is 21.7. The second-order valence-electron chi connectivity index (χ2n) is 6.80. The first-order chi connectivity index (χ1) is 13.0. The van der Waals surface area contributed by atoms with Crippen LogP contribution in [0.15, 0.2) is 42.5 Å². The zero-order valence-electron chi connectivity index (χ0n) is 15.9. The first-order valence-electron chi connectivity index (χ1n) is 9.16. The average molecular weight is 404 g/mol. The average Bonchev–Trinajstić information content (AvgIpc) is 3.20. The zero-order chi connectivity index (χ0) is 19.2. The van der Waals surface area contributed by atoms with Crippen molar-refractivity contribution < 1.29 is 14.3 Å². The van der Waals surface area contributed by atoms with E-state index in [1.165, 1.54) is 0 Å². The smallest absolute Gasteiger partial charge is 0.251 e. The molecule has 2 aromatic carbocycles. The normalized spacial score (nSPS) is 15.5. The van der Waals surface area contributed by atoms with Gasteiger partial charge in [0.1, 0.15) is 0 Å². The van der Waals surface area contributed by atoms with Crippen LogP contribution in [0.4, 0.5) is 5.69 Å². The van der Waals surface area contributed by atoms with Crippen molar-refractivity contribution in [1.29, 1.82) is 0 Å². The quantitative estimate of drug-likeness (QED) is 0.646. The summed E-state index contributed by atoms with van der Waals surface area (Å²) in [7, 11) is 0. The third-order valence-corrected chi connectivity index (χ3v) is 4.66. The molecule has 0 radical (unpaired) electrons. The number of nitrogen functional groups attached to an aromatic ring is 1. The van der Waals surface area contributed by atoms with Gasteiger partial charge in [-0.2, -0.15) is 0 Å². The van der Waals surface area contributed by atoms with Crippen LogP contribution in [-0.4, -0.2) is 31.1 Å². The molecule has 1 saturated heterocycles. The number of amides is 2. The second-order valence-corrected chi connectivity index (χ2v) is 6.80. The molecule has 2 aromatic rings. The highest BCUT2D eigenvalue weighted by molar-refractivity contribution is 5.96. The van der Waals surface area contributed by atoms with Gasteiger partial charge >= 0.3 is 0 Å². The molecule has 1 aliphatic heterocycles. The van der Waals surface area contributed by atoms with Gasteiger partial charge in [0.2, 0.25) is 0 Å². The van der Waals surface area contributed by atoms with Crippen molar-refractivity contribution in [2.24, 2.45) is 0 Å². The molecular formula is C21H26ClN3O3. The minimum absolute atomic E-state index is 0. The molecule has 0 bridgehead atoms. The van der Waals surface area contributed by atoms with Crippen molar-refractivity contribution in [2.45, 2.75) is 32.4 Å². The van der Waals surface area contributed by atoms with Crippen LogP contribution >= 0.6 is 12.4 Å². The van der Waals surface area contributed by atoms with E-state index in [0.717, 1.165) is 30.6 Å². The highest BCUT2D eigenvalue weighted by atomic mass is 35.5. The van der Waals surface area contributed by atoms with Crippen molar-refractivity contribution in [3.8, 4) is 0 Å². The number of aryl methyl sites for hydroxylation is 1. The van der Waals surface area contributed by atoms with Crippen LogP contribution in [0.1, 0.15) is 44.7 Å². The Morgan fingerprint density at radius 1 is 1.14 bits per heavy atom. The van der Waals surface area contributed by atoms with Crippen LogP contribution in [0.3, 0.4) is 0 Å². The van der Waals surface area contributed by atoms with Crippen LogP contribution in [0.5, 0.6) is 0 Å². The topological polar surface area (TPSA) is 93.5 Å². The number of hydrogen-bond acceptors (Lipinski definition) is 4. The van der Waals surface area contributed by atoms with Gasteiger partial charge in [-0.25, -0.2) is 0 Å². The Labute approximate surface area is 171 Å². The molecule has 150 valence electrons. The molecule has 28 heavy (non-hydrogen) atoms. The minimum atomic E-state index is -0.187. The van der Waals surface area contributed by atoms with Crippen LogP contribution in [0, 0.1) is 6.92 Å². The van der Waals surface area contributed by atoms with Crippen molar-refractivity contribution >= 4 is 29.9 Å². The van der Waals surface area contributed by atoms with E-state index in [1.807, 2.05) is 25.1 Å². The maximum atomic E-state index is 12.4. The number of anilines is 1. The number of hydrogen-bond donors (Lipinski definition) is 3. The Morgan fingerprint density at radius 2 is 1.96 bits per heavy atom. The number of ether oxygens (including phenoxy) is 1. The third kappa shape index (κ3) is 5.71. The summed E-state index contributed by atoms with van der Waals surface area (Å²) in [6.45, 7) is 3.49. The number of rotatable bonds is 6. The number of carbonyl (C=O) groups excluding carboxylic acids is 2. The lowest BCUT2D eigenvalue weighted by molar-refractivity contribution is 0.0857. The van der Waals surface area contributed by atoms with Crippen molar-refractivity contribution in [2.75, 3.05) is 18.9 Å². The lowest BCUT2D eigenvalue weighted by Gasteiger charge is -2.12. The van der Waals surface area contributed by atoms with E-state index in [9.17, 15) is 9.59 Å². The van der Waals surface area contributed by atoms with Gasteiger partial charge in [0.05, 0.1) is 6.10 Å². The molecule has 1 aliphatic rings. The standard InChI is InChI=1S/C21H25N3O3.ClH/c1-14-7-8-17(22)11-19(14)21(26)23-12-15-4-2-5-16(10-15)20(25)24-13-18-6-3-9-27-18;/h2,4-5,7-8,10-11,18H,3,6,9,12-13,22H2,1H3,(H,23,26)(H,24,25);1H. The molecule has 6 nitrogen and oxygen atoms in total. The summed E-state index contributed by atoms with van der Waals surface area (Å²) in [5.41, 5.74) is 9.16. The molecule has 0 saturated carbocycles. The van der Waals surface area contributed by atoms with Gasteiger partial charge in [0, 0.05) is 36.5 Å². The largest absolute Gasteiger partial charge is 0.399 e. The minimum Gasteiger partial charge on any atom is -0.399 e. The molecule has 7 heteroatoms. The predicted octanol–water partition coefficient (Wildman–Crippen LogP) is 2.84. The SMILES string of the molecule is Cc1ccc(N)cc1C(=O)NCc1cccc(C(=O)NCC2CCCO2)c1.Cl. The van der Waals surface area contributed by atoms with E-state index in [0.29, 0.717) is 29.9 Å². The molecule has 0 aliphatic carbocycles. The zero-order valence-corrected chi connectivity index (χ0v) is 16.7. The van der Waals surface area contributed by atoms with Crippen LogP contribution in [0.25, 0.3) is 0 Å². The molecule has 0 spiro atoms. The summed E-state index contributed by atoms with van der Waals surface area (Å²) < 4.78 is 5.52. The summed E-state index contributed by atoms with van der Waals surface area (Å²) >= 11 is 0. The molecule has 1 heterocycles. The number of benzene rings is 2. The van der Waals surface area contributed by atoms with Gasteiger partial charge in [-0.05, 0) is 55.2 Å². The van der Waals surface area contributed by atoms with Crippen molar-refractivity contribution in [3.63, 3.8) is 0 Å². The van der Waals surface area contributed by atoms with Crippen molar-refractivity contribution in [1.82, 2.24) is 10.6 Å². The molecule has 1 unspecified atom stereocenters. The third-order valence-electron chi connectivity index (χ3n) is 4.66. The Morgan fingerprint density at radius 3 is 2.71 bits per heavy atom. The van der Waals surface area contributed by atoms with Gasteiger partial charge < -0.3 is 21.1 Å². The van der Waals surface area contributed by atoms with Gasteiger partial charge in [-0.1, -0.05) is 18.2 Å². The molecular weight excluding hydrogens is 378 g/mol. The van der Waals surface area contributed by atoms with Crippen LogP contribution < -0.4 is 16.4 Å². The van der Waals surface area contributed by atoms with Crippen molar-refractivity contribution in [3.05, 3.63) is 64.7 Å². The Bertz CT molecular complexity index is 835. The van der Waals surface area contributed by atoms with Gasteiger partial charge in [-0.3, -0.25) is 9.59 Å². The maximum absolute atomic E-state index is 12.4. The molecule has 1 atom stereocenters. The first-order valence-corrected chi connectivity index (χ1v) is 9.16. The summed E-state index contributed by atoms with van der Waals surface area (Å²) in [6, 6.07) is 12.5. The van der Waals surface area contributed by atoms with E-state index in [2.05, 4.69) is 10.6 Å². The highest BCUT2D eigenvalue weighted by Crippen LogP contribution is 2.14. The lowest BCUT2D eigenvalue weighted by Crippen LogP contribution is -2.31. The maximum Gasteiger partial charge on any atom is 0.251 e. The van der Waals surface area contributed by atoms with Crippen LogP contribution in [0.2, 0.25) is 0 Å². The van der Waals surface area contributed by atoms with Gasteiger partial charge in [0.15, 0.2) is 0 Å². The molecule has 3 rings (SSSR count).